The molecule has 2 aromatic rings. The Bertz CT molecular complexity index is 464. The number of rotatable bonds is 4. The molecule has 1 N–H and O–H groups in total. The fourth-order valence-electron chi connectivity index (χ4n) is 1.11. The molecule has 2 heterocycles. The molecule has 16 heavy (non-hydrogen) atoms. The predicted molar refractivity (Wildman–Crippen MR) is 60.4 cm³/mol. The highest BCUT2D eigenvalue weighted by Crippen LogP contribution is 2.17. The van der Waals surface area contributed by atoms with Crippen LogP contribution in [-0.2, 0) is 6.54 Å². The van der Waals surface area contributed by atoms with Crippen molar-refractivity contribution in [2.45, 2.75) is 33.2 Å². The zero-order valence-electron chi connectivity index (χ0n) is 9.39. The maximum absolute atomic E-state index is 4.86. The standard InChI is InChI=1S/C9H13N5OS/c1-5(2)8-12-9(16-14-8)10-4-7-11-6(3)15-13-7/h5H,4H2,1-3H3,(H,10,12,14). The number of nitrogens with zero attached hydrogens (tertiary/aromatic N) is 4. The lowest BCUT2D eigenvalue weighted by Crippen LogP contribution is -2.01. The summed E-state index contributed by atoms with van der Waals surface area (Å²) in [5, 5.41) is 7.67. The summed E-state index contributed by atoms with van der Waals surface area (Å²) >= 11 is 1.35. The quantitative estimate of drug-likeness (QED) is 0.879. The van der Waals surface area contributed by atoms with Gasteiger partial charge in [0.2, 0.25) is 11.0 Å². The fourth-order valence-corrected chi connectivity index (χ4v) is 1.81. The Morgan fingerprint density at radius 3 is 2.75 bits per heavy atom. The molecule has 2 aromatic heterocycles. The summed E-state index contributed by atoms with van der Waals surface area (Å²) in [6.45, 7) is 6.39. The van der Waals surface area contributed by atoms with Crippen LogP contribution in [-0.4, -0.2) is 19.5 Å². The van der Waals surface area contributed by atoms with E-state index in [1.54, 1.807) is 6.92 Å². The second-order valence-corrected chi connectivity index (χ2v) is 4.45. The van der Waals surface area contributed by atoms with E-state index in [4.69, 9.17) is 4.52 Å². The van der Waals surface area contributed by atoms with E-state index in [-0.39, 0.29) is 0 Å². The Balaban J connectivity index is 1.94. The zero-order valence-corrected chi connectivity index (χ0v) is 10.2. The lowest BCUT2D eigenvalue weighted by atomic mass is 10.2. The topological polar surface area (TPSA) is 76.7 Å². The van der Waals surface area contributed by atoms with Crippen molar-refractivity contribution in [2.24, 2.45) is 0 Å². The molecule has 0 saturated carbocycles. The minimum absolute atomic E-state index is 0.346. The largest absolute Gasteiger partial charge is 0.353 e. The van der Waals surface area contributed by atoms with Crippen molar-refractivity contribution in [3.8, 4) is 0 Å². The molecular formula is C9H13N5OS. The average Bonchev–Trinajstić information content (AvgIpc) is 2.83. The Kier molecular flexibility index (Phi) is 3.14. The van der Waals surface area contributed by atoms with E-state index in [9.17, 15) is 0 Å². The van der Waals surface area contributed by atoms with E-state index in [2.05, 4.69) is 38.7 Å². The van der Waals surface area contributed by atoms with E-state index >= 15 is 0 Å². The van der Waals surface area contributed by atoms with Crippen molar-refractivity contribution in [3.63, 3.8) is 0 Å². The Labute approximate surface area is 97.3 Å². The molecule has 0 amide bonds. The Hall–Kier alpha value is -1.50. The minimum Gasteiger partial charge on any atom is -0.353 e. The third kappa shape index (κ3) is 2.54. The molecule has 86 valence electrons. The molecule has 6 nitrogen and oxygen atoms in total. The number of aromatic nitrogens is 4. The molecular weight excluding hydrogens is 226 g/mol. The van der Waals surface area contributed by atoms with Crippen molar-refractivity contribution in [1.82, 2.24) is 19.5 Å². The van der Waals surface area contributed by atoms with Gasteiger partial charge < -0.3 is 9.84 Å². The van der Waals surface area contributed by atoms with Gasteiger partial charge in [0.1, 0.15) is 5.82 Å². The van der Waals surface area contributed by atoms with Gasteiger partial charge in [-0.2, -0.15) is 9.36 Å². The normalized spacial score (nSPS) is 11.0. The summed E-state index contributed by atoms with van der Waals surface area (Å²) in [5.74, 6) is 2.40. The number of hydrogen-bond donors (Lipinski definition) is 1. The molecule has 0 atom stereocenters. The summed E-state index contributed by atoms with van der Waals surface area (Å²) in [6, 6.07) is 0. The van der Waals surface area contributed by atoms with Gasteiger partial charge in [0.15, 0.2) is 5.82 Å². The van der Waals surface area contributed by atoms with Crippen LogP contribution in [0.1, 0.15) is 37.3 Å². The molecule has 7 heteroatoms. The monoisotopic (exact) mass is 239 g/mol. The van der Waals surface area contributed by atoms with Crippen LogP contribution < -0.4 is 5.32 Å². The fraction of sp³-hybridized carbons (Fsp3) is 0.556. The maximum atomic E-state index is 4.86. The molecule has 2 rings (SSSR count). The van der Waals surface area contributed by atoms with Crippen molar-refractivity contribution in [2.75, 3.05) is 5.32 Å². The van der Waals surface area contributed by atoms with Gasteiger partial charge in [-0.15, -0.1) is 0 Å². The van der Waals surface area contributed by atoms with Crippen LogP contribution in [0.3, 0.4) is 0 Å². The van der Waals surface area contributed by atoms with E-state index < -0.39 is 0 Å². The summed E-state index contributed by atoms with van der Waals surface area (Å²) in [4.78, 5) is 8.43. The summed E-state index contributed by atoms with van der Waals surface area (Å²) in [5.41, 5.74) is 0. The lowest BCUT2D eigenvalue weighted by Gasteiger charge is -1.97. The second kappa shape index (κ2) is 4.56. The molecule has 0 aromatic carbocycles. The Morgan fingerprint density at radius 1 is 1.38 bits per heavy atom. The number of anilines is 1. The first kappa shape index (κ1) is 11.0. The van der Waals surface area contributed by atoms with Crippen LogP contribution in [0.2, 0.25) is 0 Å². The van der Waals surface area contributed by atoms with E-state index in [0.29, 0.717) is 24.2 Å². The molecule has 0 saturated heterocycles. The third-order valence-corrected chi connectivity index (χ3v) is 2.61. The summed E-state index contributed by atoms with van der Waals surface area (Å²) in [7, 11) is 0. The van der Waals surface area contributed by atoms with Crippen LogP contribution in [0.4, 0.5) is 5.13 Å². The SMILES string of the molecule is Cc1nc(CNc2nc(C(C)C)ns2)no1. The van der Waals surface area contributed by atoms with Crippen LogP contribution in [0, 0.1) is 6.92 Å². The maximum Gasteiger partial charge on any atom is 0.223 e. The Morgan fingerprint density at radius 2 is 2.19 bits per heavy atom. The first-order chi connectivity index (χ1) is 7.65. The highest BCUT2D eigenvalue weighted by molar-refractivity contribution is 7.09. The molecule has 0 aliphatic heterocycles. The van der Waals surface area contributed by atoms with Gasteiger partial charge in [-0.1, -0.05) is 19.0 Å². The van der Waals surface area contributed by atoms with Gasteiger partial charge >= 0.3 is 0 Å². The van der Waals surface area contributed by atoms with Gasteiger partial charge in [0, 0.05) is 24.4 Å². The van der Waals surface area contributed by atoms with Crippen LogP contribution in [0.15, 0.2) is 4.52 Å². The first-order valence-electron chi connectivity index (χ1n) is 5.02. The summed E-state index contributed by atoms with van der Waals surface area (Å²) < 4.78 is 9.10. The molecule has 0 radical (unpaired) electrons. The second-order valence-electron chi connectivity index (χ2n) is 3.70. The number of nitrogens with one attached hydrogen (secondary N) is 1. The average molecular weight is 239 g/mol. The molecule has 0 aliphatic rings. The third-order valence-electron chi connectivity index (χ3n) is 1.93. The van der Waals surface area contributed by atoms with Crippen molar-refractivity contribution < 1.29 is 4.52 Å². The van der Waals surface area contributed by atoms with Gasteiger partial charge in [0.05, 0.1) is 6.54 Å². The highest BCUT2D eigenvalue weighted by atomic mass is 32.1. The first-order valence-corrected chi connectivity index (χ1v) is 5.79. The van der Waals surface area contributed by atoms with E-state index in [0.717, 1.165) is 11.0 Å². The van der Waals surface area contributed by atoms with Crippen molar-refractivity contribution in [3.05, 3.63) is 17.5 Å². The lowest BCUT2D eigenvalue weighted by molar-refractivity contribution is 0.388. The molecule has 0 fully saturated rings. The van der Waals surface area contributed by atoms with Crippen molar-refractivity contribution in [1.29, 1.82) is 0 Å². The van der Waals surface area contributed by atoms with Crippen LogP contribution in [0.5, 0.6) is 0 Å². The van der Waals surface area contributed by atoms with Gasteiger partial charge in [-0.3, -0.25) is 0 Å². The van der Waals surface area contributed by atoms with Gasteiger partial charge in [-0.25, -0.2) is 4.98 Å². The molecule has 0 bridgehead atoms. The van der Waals surface area contributed by atoms with Crippen LogP contribution in [0.25, 0.3) is 0 Å². The zero-order chi connectivity index (χ0) is 11.5. The number of aryl methyl sites for hydroxylation is 1. The smallest absolute Gasteiger partial charge is 0.223 e. The van der Waals surface area contributed by atoms with Gasteiger partial charge in [0.25, 0.3) is 0 Å². The van der Waals surface area contributed by atoms with Crippen molar-refractivity contribution >= 4 is 16.7 Å². The predicted octanol–water partition coefficient (Wildman–Crippen LogP) is 1.97. The van der Waals surface area contributed by atoms with Crippen LogP contribution >= 0.6 is 11.5 Å². The number of hydrogen-bond acceptors (Lipinski definition) is 7. The summed E-state index contributed by atoms with van der Waals surface area (Å²) in [6.07, 6.45) is 0. The molecule has 0 unspecified atom stereocenters. The van der Waals surface area contributed by atoms with Gasteiger partial charge in [-0.05, 0) is 0 Å². The minimum atomic E-state index is 0.346. The highest BCUT2D eigenvalue weighted by Gasteiger charge is 2.08. The van der Waals surface area contributed by atoms with E-state index in [1.165, 1.54) is 11.5 Å². The van der Waals surface area contributed by atoms with E-state index in [1.807, 2.05) is 0 Å². The molecule has 0 aliphatic carbocycles. The molecule has 0 spiro atoms.